The third-order valence-corrected chi connectivity index (χ3v) is 8.07. The molecule has 31 heavy (non-hydrogen) atoms. The summed E-state index contributed by atoms with van der Waals surface area (Å²) in [7, 11) is 0. The summed E-state index contributed by atoms with van der Waals surface area (Å²) in [6, 6.07) is 1.90. The first-order chi connectivity index (χ1) is 14.8. The van der Waals surface area contributed by atoms with E-state index in [0.717, 1.165) is 31.8 Å². The van der Waals surface area contributed by atoms with Crippen LogP contribution in [0, 0.1) is 27.7 Å². The highest BCUT2D eigenvalue weighted by Crippen LogP contribution is 2.29. The Bertz CT molecular complexity index is 1360. The predicted octanol–water partition coefficient (Wildman–Crippen LogP) is 5.10. The van der Waals surface area contributed by atoms with E-state index in [4.69, 9.17) is 4.98 Å². The molecule has 0 saturated heterocycles. The fourth-order valence-corrected chi connectivity index (χ4v) is 6.30. The maximum atomic E-state index is 13.1. The standard InChI is InChI=1S/C22H22N4O2S3/c1-6-8-25-20(28)18-13(3)15(5)31-19(18)24-22(25)30-11-17(27)16-10-12(2)26(14(16)4)21-23-7-9-29-21/h6-7,9-10H,1,8,11H2,2-5H3. The fraction of sp³-hybridized carbons (Fsp3) is 0.273. The Kier molecular flexibility index (Phi) is 6.00. The number of nitrogens with zero attached hydrogens (tertiary/aromatic N) is 4. The number of hydrogen-bond acceptors (Lipinski definition) is 7. The van der Waals surface area contributed by atoms with E-state index in [2.05, 4.69) is 11.6 Å². The number of rotatable bonds is 7. The summed E-state index contributed by atoms with van der Waals surface area (Å²) in [5, 5.41) is 3.96. The van der Waals surface area contributed by atoms with Crippen LogP contribution in [0.15, 0.2) is 40.2 Å². The SMILES string of the molecule is C=CCn1c(SCC(=O)c2cc(C)n(-c3nccs3)c2C)nc2sc(C)c(C)c2c1=O. The maximum absolute atomic E-state index is 13.1. The van der Waals surface area contributed by atoms with Crippen molar-refractivity contribution in [3.05, 3.63) is 68.0 Å². The Balaban J connectivity index is 1.66. The number of thioether (sulfide) groups is 1. The summed E-state index contributed by atoms with van der Waals surface area (Å²) in [5.74, 6) is 0.194. The summed E-state index contributed by atoms with van der Waals surface area (Å²) in [5.41, 5.74) is 3.39. The minimum atomic E-state index is -0.0800. The van der Waals surface area contributed by atoms with Crippen LogP contribution in [0.1, 0.15) is 32.2 Å². The molecule has 0 aliphatic heterocycles. The predicted molar refractivity (Wildman–Crippen MR) is 130 cm³/mol. The first kappa shape index (κ1) is 21.7. The molecule has 0 amide bonds. The van der Waals surface area contributed by atoms with E-state index in [-0.39, 0.29) is 17.1 Å². The Hall–Kier alpha value is -2.49. The molecular formula is C22H22N4O2S3. The Morgan fingerprint density at radius 1 is 1.29 bits per heavy atom. The highest BCUT2D eigenvalue weighted by molar-refractivity contribution is 7.99. The van der Waals surface area contributed by atoms with Gasteiger partial charge in [-0.25, -0.2) is 9.97 Å². The van der Waals surface area contributed by atoms with Crippen LogP contribution in [-0.2, 0) is 6.54 Å². The summed E-state index contributed by atoms with van der Waals surface area (Å²) < 4.78 is 3.60. The van der Waals surface area contributed by atoms with Crippen molar-refractivity contribution in [1.29, 1.82) is 0 Å². The minimum Gasteiger partial charge on any atom is -0.294 e. The molecule has 4 heterocycles. The number of fused-ring (bicyclic) bond motifs is 1. The van der Waals surface area contributed by atoms with Crippen LogP contribution < -0.4 is 5.56 Å². The van der Waals surface area contributed by atoms with E-state index in [1.165, 1.54) is 34.4 Å². The zero-order chi connectivity index (χ0) is 22.3. The quantitative estimate of drug-likeness (QED) is 0.163. The summed E-state index contributed by atoms with van der Waals surface area (Å²) >= 11 is 4.34. The molecule has 0 aromatic carbocycles. The molecular weight excluding hydrogens is 448 g/mol. The summed E-state index contributed by atoms with van der Waals surface area (Å²) in [6.07, 6.45) is 3.43. The van der Waals surface area contributed by atoms with Crippen molar-refractivity contribution >= 4 is 50.4 Å². The molecule has 0 spiro atoms. The number of allylic oxidation sites excluding steroid dienone is 1. The van der Waals surface area contributed by atoms with E-state index < -0.39 is 0 Å². The van der Waals surface area contributed by atoms with Crippen molar-refractivity contribution in [3.8, 4) is 5.13 Å². The van der Waals surface area contributed by atoms with Gasteiger partial charge in [0.2, 0.25) is 0 Å². The first-order valence-electron chi connectivity index (χ1n) is 9.69. The number of ketones is 1. The minimum absolute atomic E-state index is 0.000976. The molecule has 0 aliphatic carbocycles. The molecule has 0 radical (unpaired) electrons. The monoisotopic (exact) mass is 470 g/mol. The van der Waals surface area contributed by atoms with Gasteiger partial charge in [0.05, 0.1) is 11.1 Å². The van der Waals surface area contributed by atoms with Crippen LogP contribution in [0.4, 0.5) is 0 Å². The molecule has 0 atom stereocenters. The van der Waals surface area contributed by atoms with Gasteiger partial charge in [-0.15, -0.1) is 29.3 Å². The molecule has 0 N–H and O–H groups in total. The van der Waals surface area contributed by atoms with Crippen molar-refractivity contribution in [2.24, 2.45) is 0 Å². The summed E-state index contributed by atoms with van der Waals surface area (Å²) in [6.45, 7) is 12.0. The molecule has 6 nitrogen and oxygen atoms in total. The molecule has 0 saturated carbocycles. The molecule has 4 aromatic rings. The number of carbonyl (C=O) groups is 1. The average Bonchev–Trinajstić information content (AvgIpc) is 3.42. The Labute approximate surface area is 192 Å². The summed E-state index contributed by atoms with van der Waals surface area (Å²) in [4.78, 5) is 37.0. The number of hydrogen-bond donors (Lipinski definition) is 0. The molecule has 0 bridgehead atoms. The van der Waals surface area contributed by atoms with Crippen LogP contribution in [0.3, 0.4) is 0 Å². The lowest BCUT2D eigenvalue weighted by Gasteiger charge is -2.10. The van der Waals surface area contributed by atoms with Gasteiger partial charge in [-0.05, 0) is 39.3 Å². The van der Waals surface area contributed by atoms with E-state index >= 15 is 0 Å². The average molecular weight is 471 g/mol. The van der Waals surface area contributed by atoms with Gasteiger partial charge in [-0.1, -0.05) is 17.8 Å². The van der Waals surface area contributed by atoms with Crippen molar-refractivity contribution in [2.45, 2.75) is 39.4 Å². The third kappa shape index (κ3) is 3.81. The number of aryl methyl sites for hydroxylation is 3. The van der Waals surface area contributed by atoms with Gasteiger partial charge in [-0.3, -0.25) is 18.7 Å². The molecule has 0 unspecified atom stereocenters. The van der Waals surface area contributed by atoms with Gasteiger partial charge < -0.3 is 0 Å². The lowest BCUT2D eigenvalue weighted by Crippen LogP contribution is -2.23. The van der Waals surface area contributed by atoms with Crippen LogP contribution in [0.25, 0.3) is 15.3 Å². The number of aromatic nitrogens is 4. The smallest absolute Gasteiger partial charge is 0.263 e. The molecule has 4 rings (SSSR count). The van der Waals surface area contributed by atoms with Gasteiger partial charge in [0.25, 0.3) is 5.56 Å². The van der Waals surface area contributed by atoms with Crippen LogP contribution in [0.2, 0.25) is 0 Å². The topological polar surface area (TPSA) is 69.8 Å². The largest absolute Gasteiger partial charge is 0.294 e. The lowest BCUT2D eigenvalue weighted by molar-refractivity contribution is 0.102. The molecule has 9 heteroatoms. The second kappa shape index (κ2) is 8.57. The van der Waals surface area contributed by atoms with Gasteiger partial charge in [0.1, 0.15) is 4.83 Å². The van der Waals surface area contributed by atoms with Crippen molar-refractivity contribution < 1.29 is 4.79 Å². The first-order valence-corrected chi connectivity index (χ1v) is 12.4. The second-order valence-electron chi connectivity index (χ2n) is 7.21. The Morgan fingerprint density at radius 3 is 2.74 bits per heavy atom. The van der Waals surface area contributed by atoms with Crippen LogP contribution in [0.5, 0.6) is 0 Å². The maximum Gasteiger partial charge on any atom is 0.263 e. The third-order valence-electron chi connectivity index (χ3n) is 5.24. The van der Waals surface area contributed by atoms with E-state index in [1.54, 1.807) is 16.8 Å². The van der Waals surface area contributed by atoms with Crippen LogP contribution >= 0.6 is 34.4 Å². The van der Waals surface area contributed by atoms with Gasteiger partial charge >= 0.3 is 0 Å². The number of thiazole rings is 1. The number of thiophene rings is 1. The molecule has 0 fully saturated rings. The van der Waals surface area contributed by atoms with Gasteiger partial charge in [0.15, 0.2) is 16.1 Å². The number of Topliss-reactive ketones (excluding diaryl/α,β-unsaturated/α-hetero) is 1. The fourth-order valence-electron chi connectivity index (χ4n) is 3.58. The normalized spacial score (nSPS) is 11.4. The van der Waals surface area contributed by atoms with Crippen molar-refractivity contribution in [2.75, 3.05) is 5.75 Å². The zero-order valence-electron chi connectivity index (χ0n) is 17.8. The van der Waals surface area contributed by atoms with E-state index in [0.29, 0.717) is 22.7 Å². The molecule has 160 valence electrons. The van der Waals surface area contributed by atoms with Gasteiger partial charge in [0, 0.05) is 40.0 Å². The second-order valence-corrected chi connectivity index (χ2v) is 10.2. The van der Waals surface area contributed by atoms with Crippen LogP contribution in [-0.4, -0.2) is 30.6 Å². The zero-order valence-corrected chi connectivity index (χ0v) is 20.2. The molecule has 4 aromatic heterocycles. The van der Waals surface area contributed by atoms with Crippen molar-refractivity contribution in [1.82, 2.24) is 19.1 Å². The highest BCUT2D eigenvalue weighted by Gasteiger charge is 2.20. The molecule has 0 aliphatic rings. The van der Waals surface area contributed by atoms with E-state index in [1.807, 2.05) is 43.7 Å². The Morgan fingerprint density at radius 2 is 2.06 bits per heavy atom. The van der Waals surface area contributed by atoms with Crippen molar-refractivity contribution in [3.63, 3.8) is 0 Å². The highest BCUT2D eigenvalue weighted by atomic mass is 32.2. The number of carbonyl (C=O) groups excluding carboxylic acids is 1. The van der Waals surface area contributed by atoms with E-state index in [9.17, 15) is 9.59 Å². The lowest BCUT2D eigenvalue weighted by atomic mass is 10.2. The van der Waals surface area contributed by atoms with Gasteiger partial charge in [-0.2, -0.15) is 0 Å².